The van der Waals surface area contributed by atoms with Gasteiger partial charge >= 0.3 is 0 Å². The van der Waals surface area contributed by atoms with Crippen LogP contribution in [0.3, 0.4) is 0 Å². The summed E-state index contributed by atoms with van der Waals surface area (Å²) >= 11 is 0. The van der Waals surface area contributed by atoms with E-state index in [0.717, 1.165) is 29.5 Å². The number of hydrogen-bond donors (Lipinski definition) is 2. The van der Waals surface area contributed by atoms with Gasteiger partial charge in [0.1, 0.15) is 6.10 Å². The minimum atomic E-state index is -4.66. The molecule has 19 heteroatoms. The Labute approximate surface area is 329 Å². The number of hydrogen-bond acceptors (Lipinski definition) is 14. The quantitative estimate of drug-likeness (QED) is 0.0701. The van der Waals surface area contributed by atoms with Gasteiger partial charge in [-0.25, -0.2) is 0 Å². The Balaban J connectivity index is 0.986. The molecule has 0 aromatic heterocycles. The lowest BCUT2D eigenvalue weighted by atomic mass is 10.0. The molecule has 3 amide bonds. The van der Waals surface area contributed by atoms with Crippen molar-refractivity contribution in [2.45, 2.75) is 76.7 Å². The highest BCUT2D eigenvalue weighted by Crippen LogP contribution is 2.44. The van der Waals surface area contributed by atoms with Crippen LogP contribution in [0.4, 0.5) is 5.69 Å². The molecule has 0 aliphatic carbocycles. The molecule has 1 fully saturated rings. The largest absolute Gasteiger partial charge is 0.756 e. The summed E-state index contributed by atoms with van der Waals surface area (Å²) < 4.78 is 48.3. The number of fused-ring (bicyclic) bond motifs is 2. The number of para-hydroxylation sites is 1. The van der Waals surface area contributed by atoms with Gasteiger partial charge in [0.05, 0.1) is 37.7 Å². The van der Waals surface area contributed by atoms with Gasteiger partial charge in [0.25, 0.3) is 15.6 Å². The van der Waals surface area contributed by atoms with Crippen molar-refractivity contribution >= 4 is 60.6 Å². The van der Waals surface area contributed by atoms with Crippen molar-refractivity contribution < 1.29 is 56.1 Å². The van der Waals surface area contributed by atoms with E-state index in [2.05, 4.69) is 27.0 Å². The second-order valence-electron chi connectivity index (χ2n) is 12.6. The maximum Gasteiger partial charge on any atom is 0.267 e. The number of carbonyl (C=O) groups excluding carboxylic acids is 3. The second-order valence-corrected chi connectivity index (χ2v) is 18.2. The molecule has 0 bridgehead atoms. The summed E-state index contributed by atoms with van der Waals surface area (Å²) in [5.74, 6) is 7.17. The minimum absolute atomic E-state index is 0.0691. The summed E-state index contributed by atoms with van der Waals surface area (Å²) in [4.78, 5) is 63.4. The summed E-state index contributed by atoms with van der Waals surface area (Å²) in [6, 6.07) is 15.3. The lowest BCUT2D eigenvalue weighted by Gasteiger charge is -2.29. The molecule has 1 saturated heterocycles. The molecular formula is C36H47N3O12P2S2-2. The Morgan fingerprint density at radius 1 is 0.873 bits per heavy atom. The number of amides is 3. The SMILES string of the molecule is COP(=O)([O-])OC1C[C@H](C)O[C@@H]1COP(=O)([O-])OCCCCCNC(=O)CCSSCCNC(=O)CCC(=O)N1Cc2ccccc2C#Cc2ccccc21. The van der Waals surface area contributed by atoms with Crippen LogP contribution in [0.1, 0.15) is 68.6 Å². The first kappa shape index (κ1) is 45.0. The van der Waals surface area contributed by atoms with Crippen molar-refractivity contribution in [3.63, 3.8) is 0 Å². The summed E-state index contributed by atoms with van der Waals surface area (Å²) in [5.41, 5.74) is 3.33. The maximum absolute atomic E-state index is 13.3. The summed E-state index contributed by atoms with van der Waals surface area (Å²) in [5, 5.41) is 5.69. The van der Waals surface area contributed by atoms with Gasteiger partial charge in [-0.05, 0) is 49.9 Å². The number of unbranched alkanes of at least 4 members (excludes halogenated alkanes) is 2. The van der Waals surface area contributed by atoms with Crippen LogP contribution in [-0.2, 0) is 52.9 Å². The van der Waals surface area contributed by atoms with E-state index in [1.807, 2.05) is 48.5 Å². The Morgan fingerprint density at radius 2 is 1.56 bits per heavy atom. The van der Waals surface area contributed by atoms with Gasteiger partial charge in [0.15, 0.2) is 0 Å². The number of rotatable bonds is 23. The average Bonchev–Trinajstić information content (AvgIpc) is 3.50. The van der Waals surface area contributed by atoms with E-state index in [1.54, 1.807) is 22.6 Å². The van der Waals surface area contributed by atoms with Crippen LogP contribution in [-0.4, -0.2) is 81.0 Å². The van der Waals surface area contributed by atoms with E-state index in [0.29, 0.717) is 56.8 Å². The van der Waals surface area contributed by atoms with Gasteiger partial charge in [0, 0.05) is 68.5 Å². The third-order valence-electron chi connectivity index (χ3n) is 8.41. The number of phosphoric acid groups is 2. The normalized spacial score (nSPS) is 19.7. The van der Waals surface area contributed by atoms with Gasteiger partial charge < -0.3 is 48.2 Å². The predicted octanol–water partition coefficient (Wildman–Crippen LogP) is 4.07. The molecule has 0 saturated carbocycles. The number of anilines is 1. The summed E-state index contributed by atoms with van der Waals surface area (Å²) in [7, 11) is -5.15. The molecule has 2 heterocycles. The number of nitrogens with one attached hydrogen (secondary N) is 2. The predicted molar refractivity (Wildman–Crippen MR) is 207 cm³/mol. The van der Waals surface area contributed by atoms with Crippen molar-refractivity contribution in [1.82, 2.24) is 10.6 Å². The first-order chi connectivity index (χ1) is 26.4. The number of nitrogens with zero attached hydrogens (tertiary/aromatic N) is 1. The Kier molecular flexibility index (Phi) is 18.7. The van der Waals surface area contributed by atoms with Gasteiger partial charge in [-0.3, -0.25) is 23.5 Å². The van der Waals surface area contributed by atoms with Gasteiger partial charge in [-0.2, -0.15) is 0 Å². The van der Waals surface area contributed by atoms with Crippen molar-refractivity contribution in [3.05, 3.63) is 65.2 Å². The molecule has 2 N–H and O–H groups in total. The fraction of sp³-hybridized carbons (Fsp3) is 0.528. The molecule has 3 unspecified atom stereocenters. The Morgan fingerprint density at radius 3 is 2.36 bits per heavy atom. The number of benzene rings is 2. The van der Waals surface area contributed by atoms with Crippen LogP contribution >= 0.6 is 37.2 Å². The molecule has 2 aromatic rings. The van der Waals surface area contributed by atoms with Crippen LogP contribution < -0.4 is 25.3 Å². The Hall–Kier alpha value is -2.71. The molecule has 0 spiro atoms. The molecule has 2 aliphatic rings. The van der Waals surface area contributed by atoms with Crippen molar-refractivity contribution in [2.75, 3.05) is 49.8 Å². The number of ether oxygens (including phenoxy) is 1. The van der Waals surface area contributed by atoms with E-state index in [9.17, 15) is 33.3 Å². The van der Waals surface area contributed by atoms with Gasteiger partial charge in [-0.1, -0.05) is 63.8 Å². The van der Waals surface area contributed by atoms with Gasteiger partial charge in [0.2, 0.25) is 17.7 Å². The van der Waals surface area contributed by atoms with Crippen LogP contribution in [0.15, 0.2) is 48.5 Å². The van der Waals surface area contributed by atoms with Crippen LogP contribution in [0.2, 0.25) is 0 Å². The molecule has 4 rings (SSSR count). The zero-order chi connectivity index (χ0) is 39.7. The molecule has 2 aliphatic heterocycles. The zero-order valence-electron chi connectivity index (χ0n) is 30.8. The molecule has 5 atom stereocenters. The second kappa shape index (κ2) is 22.9. The maximum atomic E-state index is 13.3. The average molecular weight is 840 g/mol. The first-order valence-corrected chi connectivity index (χ1v) is 23.3. The minimum Gasteiger partial charge on any atom is -0.756 e. The standard InChI is InChI=1S/C36H49N3O12P2S2/c1-27-24-32(51-52(43,44)47-2)33(50-27)26-49-53(45,46)48-21-9-3-8-19-37-35(41)18-22-54-55-23-20-38-34(40)16-17-36(42)39-25-30-12-5-4-10-28(30)14-15-29-11-6-7-13-31(29)39/h4-7,10-13,27,32-33H,3,8-9,16-26H2,1-2H3,(H,37,41)(H,38,40)(H,43,44)(H,45,46)/p-2/t27-,32?,33+/m0/s1. The third kappa shape index (κ3) is 16.0. The third-order valence-corrected chi connectivity index (χ3v) is 12.8. The highest BCUT2D eigenvalue weighted by atomic mass is 33.1. The first-order valence-electron chi connectivity index (χ1n) is 17.9. The Bertz CT molecular complexity index is 1760. The lowest BCUT2D eigenvalue weighted by molar-refractivity contribution is -0.232. The molecule has 0 radical (unpaired) electrons. The smallest absolute Gasteiger partial charge is 0.267 e. The van der Waals surface area contributed by atoms with Crippen LogP contribution in [0.25, 0.3) is 0 Å². The summed E-state index contributed by atoms with van der Waals surface area (Å²) in [6.45, 7) is 2.37. The van der Waals surface area contributed by atoms with E-state index in [-0.39, 0.29) is 49.7 Å². The van der Waals surface area contributed by atoms with E-state index < -0.39 is 34.5 Å². The molecular weight excluding hydrogens is 792 g/mol. The van der Waals surface area contributed by atoms with Crippen LogP contribution in [0, 0.1) is 11.8 Å². The molecule has 55 heavy (non-hydrogen) atoms. The lowest BCUT2D eigenvalue weighted by Crippen LogP contribution is -2.33. The zero-order valence-corrected chi connectivity index (χ0v) is 34.2. The fourth-order valence-electron chi connectivity index (χ4n) is 5.62. The molecule has 302 valence electrons. The van der Waals surface area contributed by atoms with Crippen molar-refractivity contribution in [2.24, 2.45) is 0 Å². The van der Waals surface area contributed by atoms with E-state index in [1.165, 1.54) is 10.8 Å². The van der Waals surface area contributed by atoms with E-state index >= 15 is 0 Å². The number of phosphoric ester groups is 2. The molecule has 15 nitrogen and oxygen atoms in total. The van der Waals surface area contributed by atoms with Crippen molar-refractivity contribution in [3.8, 4) is 11.8 Å². The van der Waals surface area contributed by atoms with Gasteiger partial charge in [-0.15, -0.1) is 0 Å². The van der Waals surface area contributed by atoms with Crippen LogP contribution in [0.5, 0.6) is 0 Å². The topological polar surface area (TPSA) is 205 Å². The fourth-order valence-corrected chi connectivity index (χ4v) is 8.91. The summed E-state index contributed by atoms with van der Waals surface area (Å²) in [6.07, 6.45) is 0.100. The van der Waals surface area contributed by atoms with E-state index in [4.69, 9.17) is 18.3 Å². The number of carbonyl (C=O) groups is 3. The van der Waals surface area contributed by atoms with Crippen molar-refractivity contribution in [1.29, 1.82) is 0 Å². The monoisotopic (exact) mass is 839 g/mol. The molecule has 2 aromatic carbocycles. The highest BCUT2D eigenvalue weighted by Gasteiger charge is 2.37. The highest BCUT2D eigenvalue weighted by molar-refractivity contribution is 8.76.